The van der Waals surface area contributed by atoms with E-state index in [1.165, 1.54) is 0 Å². The fourth-order valence-corrected chi connectivity index (χ4v) is 1.64. The van der Waals surface area contributed by atoms with Crippen LogP contribution in [0.15, 0.2) is 65.8 Å². The molecule has 0 saturated heterocycles. The number of carbonyl (C=O) groups is 1. The Morgan fingerprint density at radius 1 is 1.00 bits per heavy atom. The summed E-state index contributed by atoms with van der Waals surface area (Å²) in [5, 5.41) is 6.45. The van der Waals surface area contributed by atoms with E-state index in [1.807, 2.05) is 74.5 Å². The first-order valence-electron chi connectivity index (χ1n) is 7.34. The maximum Gasteiger partial charge on any atom is 0.433 e. The first-order chi connectivity index (χ1) is 10.8. The molecule has 0 heterocycles. The van der Waals surface area contributed by atoms with Crippen LogP contribution >= 0.6 is 0 Å². The highest BCUT2D eigenvalue weighted by Crippen LogP contribution is 2.01. The van der Waals surface area contributed by atoms with E-state index in [-0.39, 0.29) is 0 Å². The molecule has 0 aliphatic rings. The van der Waals surface area contributed by atoms with Crippen molar-refractivity contribution < 1.29 is 9.63 Å². The topological polar surface area (TPSA) is 50.7 Å². The van der Waals surface area contributed by atoms with Crippen molar-refractivity contribution in [3.05, 3.63) is 71.8 Å². The van der Waals surface area contributed by atoms with Gasteiger partial charge in [-0.05, 0) is 18.1 Å². The fraction of sp³-hybridized carbons (Fsp3) is 0.222. The summed E-state index contributed by atoms with van der Waals surface area (Å²) in [6, 6.07) is 19.2. The molecule has 0 bridgehead atoms. The Labute approximate surface area is 131 Å². The predicted octanol–water partition coefficient (Wildman–Crippen LogP) is 4.36. The van der Waals surface area contributed by atoms with E-state index in [1.54, 1.807) is 6.92 Å². The van der Waals surface area contributed by atoms with E-state index in [4.69, 9.17) is 4.84 Å². The van der Waals surface area contributed by atoms with Gasteiger partial charge in [0.1, 0.15) is 0 Å². The van der Waals surface area contributed by atoms with E-state index in [2.05, 4.69) is 10.5 Å². The van der Waals surface area contributed by atoms with Gasteiger partial charge in [0.15, 0.2) is 0 Å². The fourth-order valence-electron chi connectivity index (χ4n) is 1.64. The van der Waals surface area contributed by atoms with E-state index >= 15 is 0 Å². The molecule has 0 unspecified atom stereocenters. The van der Waals surface area contributed by atoms with Gasteiger partial charge in [0, 0.05) is 6.54 Å². The quantitative estimate of drug-likeness (QED) is 0.518. The summed E-state index contributed by atoms with van der Waals surface area (Å²) in [5.41, 5.74) is 2.58. The number of nitrogens with one attached hydrogen (secondary N) is 1. The average molecular weight is 298 g/mol. The highest BCUT2D eigenvalue weighted by atomic mass is 16.7. The van der Waals surface area contributed by atoms with Crippen LogP contribution in [0, 0.1) is 0 Å². The molecule has 2 rings (SSSR count). The Bertz CT molecular complexity index is 581. The first kappa shape index (κ1) is 17.4. The number of benzene rings is 2. The lowest BCUT2D eigenvalue weighted by molar-refractivity contribution is 0.150. The third-order valence-electron chi connectivity index (χ3n) is 2.74. The average Bonchev–Trinajstić information content (AvgIpc) is 2.61. The highest BCUT2D eigenvalue weighted by Gasteiger charge is 2.02. The second kappa shape index (κ2) is 10.2. The Kier molecular flexibility index (Phi) is 8.05. The molecule has 22 heavy (non-hydrogen) atoms. The molecule has 4 nitrogen and oxygen atoms in total. The van der Waals surface area contributed by atoms with Crippen LogP contribution in [0.25, 0.3) is 0 Å². The lowest BCUT2D eigenvalue weighted by Gasteiger charge is -2.04. The van der Waals surface area contributed by atoms with E-state index < -0.39 is 6.09 Å². The molecule has 0 spiro atoms. The predicted molar refractivity (Wildman–Crippen MR) is 89.8 cm³/mol. The van der Waals surface area contributed by atoms with Crippen LogP contribution in [0.3, 0.4) is 0 Å². The van der Waals surface area contributed by atoms with Crippen LogP contribution in [0.4, 0.5) is 4.79 Å². The Morgan fingerprint density at radius 3 is 2.14 bits per heavy atom. The number of hydrogen-bond acceptors (Lipinski definition) is 3. The molecule has 0 atom stereocenters. The van der Waals surface area contributed by atoms with Crippen molar-refractivity contribution in [3.8, 4) is 0 Å². The minimum atomic E-state index is -0.566. The van der Waals surface area contributed by atoms with Crippen molar-refractivity contribution in [1.82, 2.24) is 5.32 Å². The van der Waals surface area contributed by atoms with Crippen LogP contribution in [-0.4, -0.2) is 11.8 Å². The van der Waals surface area contributed by atoms with Gasteiger partial charge in [0.05, 0.1) is 5.71 Å². The van der Waals surface area contributed by atoms with Crippen LogP contribution in [0.1, 0.15) is 31.9 Å². The molecule has 116 valence electrons. The monoisotopic (exact) mass is 298 g/mol. The number of nitrogens with zero attached hydrogens (tertiary/aromatic N) is 1. The number of amides is 1. The zero-order valence-corrected chi connectivity index (χ0v) is 13.2. The molecule has 0 aromatic heterocycles. The Morgan fingerprint density at radius 2 is 1.55 bits per heavy atom. The Balaban J connectivity index is 0.00000116. The lowest BCUT2D eigenvalue weighted by Crippen LogP contribution is -2.22. The van der Waals surface area contributed by atoms with Gasteiger partial charge in [-0.15, -0.1) is 0 Å². The van der Waals surface area contributed by atoms with Gasteiger partial charge in [-0.2, -0.15) is 0 Å². The SMILES string of the molecule is C/C(=N/OC(=O)NCc1ccccc1)c1ccccc1.CC. The van der Waals surface area contributed by atoms with E-state index in [9.17, 15) is 4.79 Å². The molecule has 1 N–H and O–H groups in total. The number of oxime groups is 1. The molecule has 0 fully saturated rings. The van der Waals surface area contributed by atoms with Gasteiger partial charge in [-0.3, -0.25) is 4.84 Å². The lowest BCUT2D eigenvalue weighted by atomic mass is 10.1. The van der Waals surface area contributed by atoms with Gasteiger partial charge in [-0.1, -0.05) is 79.7 Å². The summed E-state index contributed by atoms with van der Waals surface area (Å²) in [6.45, 7) is 6.21. The number of hydrogen-bond donors (Lipinski definition) is 1. The van der Waals surface area contributed by atoms with Crippen molar-refractivity contribution in [3.63, 3.8) is 0 Å². The van der Waals surface area contributed by atoms with Crippen LogP contribution < -0.4 is 5.32 Å². The number of rotatable bonds is 4. The molecule has 2 aromatic carbocycles. The molecule has 1 amide bonds. The van der Waals surface area contributed by atoms with Crippen LogP contribution in [-0.2, 0) is 11.4 Å². The highest BCUT2D eigenvalue weighted by molar-refractivity contribution is 5.98. The second-order valence-electron chi connectivity index (χ2n) is 4.26. The van der Waals surface area contributed by atoms with Gasteiger partial charge >= 0.3 is 6.09 Å². The minimum absolute atomic E-state index is 0.416. The van der Waals surface area contributed by atoms with Crippen molar-refractivity contribution in [2.24, 2.45) is 5.16 Å². The largest absolute Gasteiger partial charge is 0.433 e. The van der Waals surface area contributed by atoms with E-state index in [0.29, 0.717) is 12.3 Å². The molecule has 0 aliphatic heterocycles. The van der Waals surface area contributed by atoms with Crippen LogP contribution in [0.2, 0.25) is 0 Å². The zero-order valence-electron chi connectivity index (χ0n) is 13.2. The van der Waals surface area contributed by atoms with Gasteiger partial charge in [-0.25, -0.2) is 4.79 Å². The summed E-state index contributed by atoms with van der Waals surface area (Å²) >= 11 is 0. The van der Waals surface area contributed by atoms with Gasteiger partial charge in [0.2, 0.25) is 0 Å². The van der Waals surface area contributed by atoms with Crippen molar-refractivity contribution in [1.29, 1.82) is 0 Å². The molecule has 0 saturated carbocycles. The van der Waals surface area contributed by atoms with Gasteiger partial charge < -0.3 is 5.32 Å². The van der Waals surface area contributed by atoms with Gasteiger partial charge in [0.25, 0.3) is 0 Å². The summed E-state index contributed by atoms with van der Waals surface area (Å²) in [4.78, 5) is 16.3. The Hall–Kier alpha value is -2.62. The molecule has 0 radical (unpaired) electrons. The summed E-state index contributed by atoms with van der Waals surface area (Å²) < 4.78 is 0. The van der Waals surface area contributed by atoms with Crippen molar-refractivity contribution >= 4 is 11.8 Å². The van der Waals surface area contributed by atoms with Crippen molar-refractivity contribution in [2.75, 3.05) is 0 Å². The summed E-state index contributed by atoms with van der Waals surface area (Å²) in [5.74, 6) is 0. The zero-order chi connectivity index (χ0) is 16.2. The maximum atomic E-state index is 11.5. The standard InChI is InChI=1S/C16H16N2O2.C2H6/c1-13(15-10-6-3-7-11-15)18-20-16(19)17-12-14-8-4-2-5-9-14;1-2/h2-11H,12H2,1H3,(H,17,19);1-2H3/b18-13-;. The summed E-state index contributed by atoms with van der Waals surface area (Å²) in [6.07, 6.45) is -0.566. The van der Waals surface area contributed by atoms with Crippen molar-refractivity contribution in [2.45, 2.75) is 27.3 Å². The maximum absolute atomic E-state index is 11.5. The normalized spacial score (nSPS) is 10.2. The number of carbonyl (C=O) groups excluding carboxylic acids is 1. The molecule has 0 aliphatic carbocycles. The molecule has 2 aromatic rings. The first-order valence-corrected chi connectivity index (χ1v) is 7.34. The molecule has 4 heteroatoms. The molecular weight excluding hydrogens is 276 g/mol. The van der Waals surface area contributed by atoms with E-state index in [0.717, 1.165) is 11.1 Å². The third kappa shape index (κ3) is 6.22. The summed E-state index contributed by atoms with van der Waals surface area (Å²) in [7, 11) is 0. The minimum Gasteiger partial charge on any atom is -0.316 e. The second-order valence-corrected chi connectivity index (χ2v) is 4.26. The third-order valence-corrected chi connectivity index (χ3v) is 2.74. The molecular formula is C18H22N2O2. The van der Waals surface area contributed by atoms with Crippen LogP contribution in [0.5, 0.6) is 0 Å². The smallest absolute Gasteiger partial charge is 0.316 e.